The summed E-state index contributed by atoms with van der Waals surface area (Å²) in [6.07, 6.45) is 3.31. The Morgan fingerprint density at radius 2 is 2.00 bits per heavy atom. The van der Waals surface area contributed by atoms with E-state index in [1.54, 1.807) is 35.4 Å². The summed E-state index contributed by atoms with van der Waals surface area (Å²) in [5.74, 6) is 0.408. The van der Waals surface area contributed by atoms with Gasteiger partial charge < -0.3 is 14.6 Å². The number of amides is 2. The molecule has 158 valence electrons. The van der Waals surface area contributed by atoms with Crippen LogP contribution in [0.4, 0.5) is 0 Å². The predicted octanol–water partition coefficient (Wildman–Crippen LogP) is 2.54. The molecule has 3 aromatic rings. The third-order valence-electron chi connectivity index (χ3n) is 5.96. The van der Waals surface area contributed by atoms with Crippen LogP contribution >= 0.6 is 0 Å². The molecule has 8 nitrogen and oxygen atoms in total. The second-order valence-corrected chi connectivity index (χ2v) is 7.93. The zero-order valence-corrected chi connectivity index (χ0v) is 16.9. The number of fused-ring (bicyclic) bond motifs is 1. The lowest BCUT2D eigenvalue weighted by Gasteiger charge is -2.33. The van der Waals surface area contributed by atoms with Gasteiger partial charge in [-0.2, -0.15) is 5.10 Å². The maximum absolute atomic E-state index is 13.0. The van der Waals surface area contributed by atoms with Gasteiger partial charge in [0.1, 0.15) is 5.69 Å². The Morgan fingerprint density at radius 1 is 1.13 bits per heavy atom. The highest BCUT2D eigenvalue weighted by atomic mass is 16.3. The van der Waals surface area contributed by atoms with Gasteiger partial charge in [0.05, 0.1) is 24.8 Å². The molecular weight excluding hydrogens is 396 g/mol. The first-order valence-corrected chi connectivity index (χ1v) is 10.4. The first-order valence-electron chi connectivity index (χ1n) is 10.4. The second-order valence-electron chi connectivity index (χ2n) is 7.93. The maximum atomic E-state index is 13.0. The van der Waals surface area contributed by atoms with Crippen LogP contribution in [0.15, 0.2) is 64.0 Å². The van der Waals surface area contributed by atoms with Gasteiger partial charge in [-0.25, -0.2) is 4.68 Å². The normalized spacial score (nSPS) is 20.4. The Hall–Kier alpha value is -3.68. The number of hydrogen-bond donors (Lipinski definition) is 1. The number of furan rings is 1. The zero-order chi connectivity index (χ0) is 21.4. The van der Waals surface area contributed by atoms with Crippen LogP contribution in [-0.4, -0.2) is 39.6 Å². The molecule has 31 heavy (non-hydrogen) atoms. The first-order chi connectivity index (χ1) is 15.1. The van der Waals surface area contributed by atoms with Crippen LogP contribution in [0.2, 0.25) is 0 Å². The Bertz CT molecular complexity index is 1180. The molecule has 1 aromatic carbocycles. The van der Waals surface area contributed by atoms with E-state index in [4.69, 9.17) is 4.42 Å². The lowest BCUT2D eigenvalue weighted by atomic mass is 10.0. The minimum Gasteiger partial charge on any atom is -0.463 e. The van der Waals surface area contributed by atoms with Crippen molar-refractivity contribution in [2.75, 3.05) is 13.1 Å². The molecule has 8 heteroatoms. The van der Waals surface area contributed by atoms with Gasteiger partial charge in [-0.15, -0.1) is 0 Å². The van der Waals surface area contributed by atoms with E-state index in [1.807, 2.05) is 18.2 Å². The fourth-order valence-corrected chi connectivity index (χ4v) is 4.41. The number of rotatable bonds is 4. The van der Waals surface area contributed by atoms with Gasteiger partial charge in [0.15, 0.2) is 5.76 Å². The topological polar surface area (TPSA) is 97.4 Å². The van der Waals surface area contributed by atoms with Crippen LogP contribution in [-0.2, 0) is 4.79 Å². The summed E-state index contributed by atoms with van der Waals surface area (Å²) in [6, 6.07) is 13.5. The summed E-state index contributed by atoms with van der Waals surface area (Å²) < 4.78 is 6.86. The van der Waals surface area contributed by atoms with Crippen LogP contribution in [0.5, 0.6) is 0 Å². The van der Waals surface area contributed by atoms with E-state index >= 15 is 0 Å². The fraction of sp³-hybridized carbons (Fsp3) is 0.304. The van der Waals surface area contributed by atoms with Crippen molar-refractivity contribution in [2.45, 2.75) is 31.3 Å². The van der Waals surface area contributed by atoms with Crippen LogP contribution < -0.4 is 10.9 Å². The molecule has 4 heterocycles. The first kappa shape index (κ1) is 19.3. The minimum absolute atomic E-state index is 0.0399. The summed E-state index contributed by atoms with van der Waals surface area (Å²) in [7, 11) is 0. The number of nitrogens with one attached hydrogen (secondary N) is 1. The van der Waals surface area contributed by atoms with Gasteiger partial charge in [-0.1, -0.05) is 18.2 Å². The molecule has 0 unspecified atom stereocenters. The largest absolute Gasteiger partial charge is 0.463 e. The van der Waals surface area contributed by atoms with Crippen molar-refractivity contribution in [2.24, 2.45) is 0 Å². The molecule has 2 atom stereocenters. The SMILES string of the molecule is O=C1N[C@@H](CC(=O)N2CCC[C@H](n3nc(-c4ccco4)ccc3=O)C2)c2ccccc21. The number of carbonyl (C=O) groups is 2. The summed E-state index contributed by atoms with van der Waals surface area (Å²) in [5, 5.41) is 7.39. The number of hydrogen-bond acceptors (Lipinski definition) is 5. The molecule has 2 aliphatic heterocycles. The summed E-state index contributed by atoms with van der Waals surface area (Å²) in [5.41, 5.74) is 1.87. The predicted molar refractivity (Wildman–Crippen MR) is 112 cm³/mol. The quantitative estimate of drug-likeness (QED) is 0.702. The van der Waals surface area contributed by atoms with Crippen molar-refractivity contribution < 1.29 is 14.0 Å². The Labute approximate surface area is 178 Å². The molecule has 0 bridgehead atoms. The third-order valence-corrected chi connectivity index (χ3v) is 5.96. The van der Waals surface area contributed by atoms with Gasteiger partial charge >= 0.3 is 0 Å². The van der Waals surface area contributed by atoms with Crippen LogP contribution in [0.1, 0.15) is 47.3 Å². The Kier molecular flexibility index (Phi) is 4.89. The van der Waals surface area contributed by atoms with Crippen LogP contribution in [0.25, 0.3) is 11.5 Å². The standard InChI is InChI=1S/C23H22N4O4/c28-21-10-9-18(20-8-4-12-31-20)25-27(21)15-5-3-11-26(14-15)22(29)13-19-16-6-1-2-7-17(16)23(30)24-19/h1-2,4,6-10,12,15,19H,3,5,11,13-14H2,(H,24,30)/t15-,19-/m0/s1. The van der Waals surface area contributed by atoms with E-state index in [0.29, 0.717) is 30.1 Å². The van der Waals surface area contributed by atoms with E-state index in [1.165, 1.54) is 10.7 Å². The van der Waals surface area contributed by atoms with Crippen molar-refractivity contribution >= 4 is 11.8 Å². The summed E-state index contributed by atoms with van der Waals surface area (Å²) in [6.45, 7) is 1.04. The highest BCUT2D eigenvalue weighted by Gasteiger charge is 2.33. The molecule has 5 rings (SSSR count). The van der Waals surface area contributed by atoms with Gasteiger partial charge in [0.25, 0.3) is 11.5 Å². The average molecular weight is 418 g/mol. The maximum Gasteiger partial charge on any atom is 0.267 e. The van der Waals surface area contributed by atoms with Crippen molar-refractivity contribution in [1.29, 1.82) is 0 Å². The smallest absolute Gasteiger partial charge is 0.267 e. The minimum atomic E-state index is -0.320. The second kappa shape index (κ2) is 7.86. The zero-order valence-electron chi connectivity index (χ0n) is 16.9. The van der Waals surface area contributed by atoms with Crippen molar-refractivity contribution in [3.63, 3.8) is 0 Å². The molecule has 1 saturated heterocycles. The van der Waals surface area contributed by atoms with Gasteiger partial charge in [-0.05, 0) is 42.7 Å². The molecule has 1 fully saturated rings. The van der Waals surface area contributed by atoms with Gasteiger partial charge in [-0.3, -0.25) is 14.4 Å². The summed E-state index contributed by atoms with van der Waals surface area (Å²) in [4.78, 5) is 39.4. The Morgan fingerprint density at radius 3 is 2.84 bits per heavy atom. The molecule has 0 radical (unpaired) electrons. The highest BCUT2D eigenvalue weighted by molar-refractivity contribution is 5.99. The molecule has 2 aromatic heterocycles. The molecule has 0 spiro atoms. The van der Waals surface area contributed by atoms with Crippen molar-refractivity contribution in [3.8, 4) is 11.5 Å². The molecule has 0 saturated carbocycles. The lowest BCUT2D eigenvalue weighted by Crippen LogP contribution is -2.44. The molecule has 2 amide bonds. The molecule has 2 aliphatic rings. The number of aromatic nitrogens is 2. The van der Waals surface area contributed by atoms with Gasteiger partial charge in [0, 0.05) is 24.7 Å². The van der Waals surface area contributed by atoms with E-state index in [-0.39, 0.29) is 35.9 Å². The molecule has 1 N–H and O–H groups in total. The summed E-state index contributed by atoms with van der Waals surface area (Å²) >= 11 is 0. The van der Waals surface area contributed by atoms with Gasteiger partial charge in [0.2, 0.25) is 5.91 Å². The third kappa shape index (κ3) is 3.65. The number of piperidine rings is 1. The average Bonchev–Trinajstić information content (AvgIpc) is 3.43. The Balaban J connectivity index is 1.32. The van der Waals surface area contributed by atoms with E-state index in [0.717, 1.165) is 18.4 Å². The number of likely N-dealkylation sites (tertiary alicyclic amines) is 1. The molecule has 0 aliphatic carbocycles. The lowest BCUT2D eigenvalue weighted by molar-refractivity contribution is -0.133. The van der Waals surface area contributed by atoms with E-state index < -0.39 is 0 Å². The highest BCUT2D eigenvalue weighted by Crippen LogP contribution is 2.29. The van der Waals surface area contributed by atoms with Crippen LogP contribution in [0.3, 0.4) is 0 Å². The fourth-order valence-electron chi connectivity index (χ4n) is 4.41. The van der Waals surface area contributed by atoms with E-state index in [9.17, 15) is 14.4 Å². The molecular formula is C23H22N4O4. The van der Waals surface area contributed by atoms with Crippen molar-refractivity contribution in [3.05, 3.63) is 76.3 Å². The number of carbonyl (C=O) groups excluding carboxylic acids is 2. The van der Waals surface area contributed by atoms with E-state index in [2.05, 4.69) is 10.4 Å². The van der Waals surface area contributed by atoms with Crippen molar-refractivity contribution in [1.82, 2.24) is 20.0 Å². The van der Waals surface area contributed by atoms with Crippen LogP contribution in [0, 0.1) is 0 Å². The number of benzene rings is 1. The number of nitrogens with zero attached hydrogens (tertiary/aromatic N) is 3. The monoisotopic (exact) mass is 418 g/mol.